The summed E-state index contributed by atoms with van der Waals surface area (Å²) in [5.74, 6) is -3.40. The smallest absolute Gasteiger partial charge is 0.406 e. The van der Waals surface area contributed by atoms with Crippen molar-refractivity contribution in [1.82, 2.24) is 9.97 Å². The normalized spacial score (nSPS) is 12.8. The van der Waals surface area contributed by atoms with Gasteiger partial charge in [-0.1, -0.05) is 18.2 Å². The first-order valence-corrected chi connectivity index (χ1v) is 10.1. The number of benzene rings is 2. The van der Waals surface area contributed by atoms with Crippen LogP contribution in [-0.2, 0) is 16.0 Å². The highest BCUT2D eigenvalue weighted by molar-refractivity contribution is 7.90. The fourth-order valence-electron chi connectivity index (χ4n) is 2.72. The van der Waals surface area contributed by atoms with Gasteiger partial charge in [-0.05, 0) is 24.3 Å². The zero-order valence-electron chi connectivity index (χ0n) is 15.3. The maximum Gasteiger partial charge on any atom is 0.573 e. The van der Waals surface area contributed by atoms with Crippen molar-refractivity contribution in [2.75, 3.05) is 6.26 Å². The van der Waals surface area contributed by atoms with Crippen molar-refractivity contribution in [3.8, 4) is 28.3 Å². The second kappa shape index (κ2) is 7.55. The minimum absolute atomic E-state index is 0.160. The molecule has 0 spiro atoms. The lowest BCUT2D eigenvalue weighted by atomic mass is 10.0. The van der Waals surface area contributed by atoms with E-state index in [4.69, 9.17) is 0 Å². The van der Waals surface area contributed by atoms with Gasteiger partial charge in [0.2, 0.25) is 5.82 Å². The molecule has 0 aliphatic carbocycles. The first-order chi connectivity index (χ1) is 14.1. The summed E-state index contributed by atoms with van der Waals surface area (Å²) in [5.41, 5.74) is -1.21. The number of sulfone groups is 1. The van der Waals surface area contributed by atoms with Gasteiger partial charge in [-0.25, -0.2) is 17.8 Å². The fraction of sp³-hybridized carbons (Fsp3) is 0.167. The van der Waals surface area contributed by atoms with Gasteiger partial charge in [0.15, 0.2) is 9.84 Å². The summed E-state index contributed by atoms with van der Waals surface area (Å²) in [6.07, 6.45) is -9.23. The molecule has 0 atom stereocenters. The summed E-state index contributed by atoms with van der Waals surface area (Å²) in [4.78, 5) is 4.71. The van der Waals surface area contributed by atoms with Crippen molar-refractivity contribution in [3.63, 3.8) is 0 Å². The van der Waals surface area contributed by atoms with Gasteiger partial charge in [-0.2, -0.15) is 13.2 Å². The molecule has 0 aliphatic rings. The summed E-state index contributed by atoms with van der Waals surface area (Å²) in [5, 5.41) is 0. The Hall–Kier alpha value is -3.09. The number of hydrogen-bond donors (Lipinski definition) is 1. The second-order valence-electron chi connectivity index (χ2n) is 6.30. The van der Waals surface area contributed by atoms with Crippen molar-refractivity contribution in [3.05, 3.63) is 54.1 Å². The highest BCUT2D eigenvalue weighted by atomic mass is 32.2. The van der Waals surface area contributed by atoms with Crippen LogP contribution in [0, 0.1) is 5.82 Å². The van der Waals surface area contributed by atoms with Gasteiger partial charge >= 0.3 is 12.5 Å². The lowest BCUT2D eigenvalue weighted by Gasteiger charge is -2.10. The molecular weight excluding hydrogens is 457 g/mol. The van der Waals surface area contributed by atoms with Gasteiger partial charge in [0.25, 0.3) is 0 Å². The number of alkyl halides is 6. The molecule has 31 heavy (non-hydrogen) atoms. The molecule has 13 heteroatoms. The van der Waals surface area contributed by atoms with Crippen LogP contribution in [0.3, 0.4) is 0 Å². The van der Waals surface area contributed by atoms with Crippen LogP contribution in [0.25, 0.3) is 22.5 Å². The lowest BCUT2D eigenvalue weighted by molar-refractivity contribution is -0.274. The van der Waals surface area contributed by atoms with Crippen LogP contribution in [0.15, 0.2) is 47.4 Å². The van der Waals surface area contributed by atoms with Crippen molar-refractivity contribution < 1.29 is 43.9 Å². The van der Waals surface area contributed by atoms with Gasteiger partial charge in [-0.15, -0.1) is 13.2 Å². The van der Waals surface area contributed by atoms with Crippen molar-refractivity contribution in [1.29, 1.82) is 0 Å². The zero-order valence-corrected chi connectivity index (χ0v) is 16.1. The SMILES string of the molecule is CS(=O)(=O)c1ccc(-c2nc(C(F)(F)F)[nH]c2-c2cccc(OC(F)(F)F)c2)cc1F. The molecule has 1 heterocycles. The van der Waals surface area contributed by atoms with E-state index in [1.54, 1.807) is 0 Å². The molecular formula is C18H11F7N2O3S. The second-order valence-corrected chi connectivity index (χ2v) is 8.28. The van der Waals surface area contributed by atoms with E-state index in [9.17, 15) is 39.2 Å². The Kier molecular flexibility index (Phi) is 5.50. The van der Waals surface area contributed by atoms with E-state index in [1.165, 1.54) is 6.07 Å². The molecule has 0 radical (unpaired) electrons. The number of imidazole rings is 1. The Morgan fingerprint density at radius 2 is 1.65 bits per heavy atom. The Labute approximate surface area is 170 Å². The van der Waals surface area contributed by atoms with Crippen LogP contribution in [-0.4, -0.2) is 31.0 Å². The number of hydrogen-bond acceptors (Lipinski definition) is 4. The Bertz CT molecular complexity index is 1230. The first-order valence-electron chi connectivity index (χ1n) is 8.18. The maximum atomic E-state index is 14.3. The standard InChI is InChI=1S/C18H11F7N2O3S/c1-31(28,29)13-6-5-10(8-12(13)19)15-14(26-16(27-15)17(20,21)22)9-3-2-4-11(7-9)30-18(23,24)25/h2-8H,1H3,(H,26,27). The van der Waals surface area contributed by atoms with Gasteiger partial charge in [0.1, 0.15) is 16.5 Å². The van der Waals surface area contributed by atoms with Crippen LogP contribution >= 0.6 is 0 Å². The first kappa shape index (κ1) is 22.6. The molecule has 1 aromatic heterocycles. The summed E-state index contributed by atoms with van der Waals surface area (Å²) in [6, 6.07) is 6.64. The third-order valence-corrected chi connectivity index (χ3v) is 5.06. The molecule has 0 unspecified atom stereocenters. The zero-order chi connectivity index (χ0) is 23.2. The largest absolute Gasteiger partial charge is 0.573 e. The van der Waals surface area contributed by atoms with Gasteiger partial charge in [0, 0.05) is 17.4 Å². The predicted octanol–water partition coefficient (Wildman–Crippen LogP) is 5.20. The van der Waals surface area contributed by atoms with Gasteiger partial charge < -0.3 is 9.72 Å². The Morgan fingerprint density at radius 1 is 0.968 bits per heavy atom. The quantitative estimate of drug-likeness (QED) is 0.534. The fourth-order valence-corrected chi connectivity index (χ4v) is 3.45. The number of nitrogens with zero attached hydrogens (tertiary/aromatic N) is 1. The van der Waals surface area contributed by atoms with Crippen LogP contribution in [0.2, 0.25) is 0 Å². The number of rotatable bonds is 4. The molecule has 166 valence electrons. The molecule has 2 aromatic carbocycles. The highest BCUT2D eigenvalue weighted by Crippen LogP contribution is 2.37. The van der Waals surface area contributed by atoms with E-state index in [-0.39, 0.29) is 16.8 Å². The number of aromatic nitrogens is 2. The molecule has 0 fully saturated rings. The number of ether oxygens (including phenoxy) is 1. The topological polar surface area (TPSA) is 72.0 Å². The summed E-state index contributed by atoms with van der Waals surface area (Å²) < 4.78 is 118. The monoisotopic (exact) mass is 468 g/mol. The van der Waals surface area contributed by atoms with E-state index in [0.29, 0.717) is 6.07 Å². The van der Waals surface area contributed by atoms with E-state index < -0.39 is 50.4 Å². The summed E-state index contributed by atoms with van der Waals surface area (Å²) >= 11 is 0. The third kappa shape index (κ3) is 5.16. The number of aromatic amines is 1. The van der Waals surface area contributed by atoms with E-state index in [1.807, 2.05) is 4.98 Å². The van der Waals surface area contributed by atoms with Crippen LogP contribution in [0.1, 0.15) is 5.82 Å². The summed E-state index contributed by atoms with van der Waals surface area (Å²) in [6.45, 7) is 0. The lowest BCUT2D eigenvalue weighted by Crippen LogP contribution is -2.17. The molecule has 1 N–H and O–H groups in total. The molecule has 0 aliphatic heterocycles. The van der Waals surface area contributed by atoms with Crippen molar-refractivity contribution in [2.24, 2.45) is 0 Å². The van der Waals surface area contributed by atoms with Crippen molar-refractivity contribution >= 4 is 9.84 Å². The minimum atomic E-state index is -5.03. The third-order valence-electron chi connectivity index (χ3n) is 3.93. The average molecular weight is 468 g/mol. The van der Waals surface area contributed by atoms with Gasteiger partial charge in [-0.3, -0.25) is 0 Å². The van der Waals surface area contributed by atoms with Crippen LogP contribution in [0.5, 0.6) is 5.75 Å². The van der Waals surface area contributed by atoms with Crippen LogP contribution < -0.4 is 4.74 Å². The Balaban J connectivity index is 2.18. The highest BCUT2D eigenvalue weighted by Gasteiger charge is 2.36. The van der Waals surface area contributed by atoms with Gasteiger partial charge in [0.05, 0.1) is 11.4 Å². The predicted molar refractivity (Wildman–Crippen MR) is 94.2 cm³/mol. The molecule has 0 saturated heterocycles. The number of H-pyrrole nitrogens is 1. The molecule has 3 aromatic rings. The van der Waals surface area contributed by atoms with E-state index in [0.717, 1.165) is 36.6 Å². The Morgan fingerprint density at radius 3 is 2.19 bits per heavy atom. The summed E-state index contributed by atoms with van der Waals surface area (Å²) in [7, 11) is -3.94. The van der Waals surface area contributed by atoms with E-state index in [2.05, 4.69) is 9.72 Å². The minimum Gasteiger partial charge on any atom is -0.406 e. The molecule has 0 amide bonds. The maximum absolute atomic E-state index is 14.3. The number of nitrogens with one attached hydrogen (secondary N) is 1. The van der Waals surface area contributed by atoms with Crippen molar-refractivity contribution in [2.45, 2.75) is 17.4 Å². The number of halogens is 7. The molecule has 0 saturated carbocycles. The molecule has 0 bridgehead atoms. The van der Waals surface area contributed by atoms with E-state index >= 15 is 0 Å². The molecule has 5 nitrogen and oxygen atoms in total. The average Bonchev–Trinajstić information content (AvgIpc) is 3.05. The molecule has 3 rings (SSSR count). The van der Waals surface area contributed by atoms with Crippen LogP contribution in [0.4, 0.5) is 30.7 Å².